The van der Waals surface area contributed by atoms with Gasteiger partial charge in [0, 0.05) is 25.1 Å². The number of aryl methyl sites for hydroxylation is 1. The van der Waals surface area contributed by atoms with Crippen molar-refractivity contribution in [1.82, 2.24) is 4.90 Å². The van der Waals surface area contributed by atoms with Gasteiger partial charge in [-0.25, -0.2) is 12.8 Å². The van der Waals surface area contributed by atoms with Crippen LogP contribution in [-0.4, -0.2) is 56.0 Å². The molecule has 1 amide bonds. The molecule has 5 rings (SSSR count). The third-order valence-electron chi connectivity index (χ3n) is 7.80. The predicted octanol–water partition coefficient (Wildman–Crippen LogP) is 6.02. The number of amides is 1. The van der Waals surface area contributed by atoms with E-state index in [0.29, 0.717) is 35.5 Å². The maximum absolute atomic E-state index is 14.6. The van der Waals surface area contributed by atoms with Crippen molar-refractivity contribution in [1.29, 1.82) is 0 Å². The van der Waals surface area contributed by atoms with Crippen molar-refractivity contribution in [3.8, 4) is 5.75 Å². The van der Waals surface area contributed by atoms with Crippen molar-refractivity contribution in [2.75, 3.05) is 23.9 Å². The quantitative estimate of drug-likeness (QED) is 0.307. The number of aliphatic carboxylic acids is 1. The Bertz CT molecular complexity index is 1690. The van der Waals surface area contributed by atoms with E-state index < -0.39 is 33.8 Å². The third kappa shape index (κ3) is 6.55. The van der Waals surface area contributed by atoms with Gasteiger partial charge in [0.1, 0.15) is 17.7 Å². The van der Waals surface area contributed by atoms with Crippen LogP contribution < -0.4 is 9.04 Å². The van der Waals surface area contributed by atoms with E-state index in [1.165, 1.54) is 22.5 Å². The molecule has 2 aliphatic rings. The normalized spacial score (nSPS) is 18.7. The fourth-order valence-corrected chi connectivity index (χ4v) is 7.44. The van der Waals surface area contributed by atoms with Crippen LogP contribution in [0.15, 0.2) is 65.6 Å². The second kappa shape index (κ2) is 12.4. The number of carbonyl (C=O) groups is 2. The molecule has 0 bridgehead atoms. The number of carbonyl (C=O) groups excluding carboxylic acids is 1. The van der Waals surface area contributed by atoms with Gasteiger partial charge in [0.05, 0.1) is 28.1 Å². The van der Waals surface area contributed by atoms with Crippen LogP contribution in [0.1, 0.15) is 42.9 Å². The van der Waals surface area contributed by atoms with Gasteiger partial charge >= 0.3 is 5.97 Å². The first-order chi connectivity index (χ1) is 20.4. The van der Waals surface area contributed by atoms with E-state index >= 15 is 0 Å². The fraction of sp³-hybridized carbons (Fsp3) is 0.312. The molecule has 8 nitrogen and oxygen atoms in total. The highest BCUT2D eigenvalue weighted by molar-refractivity contribution is 7.92. The van der Waals surface area contributed by atoms with E-state index in [1.54, 1.807) is 54.3 Å². The van der Waals surface area contributed by atoms with Crippen LogP contribution in [0.25, 0.3) is 11.6 Å². The van der Waals surface area contributed by atoms with E-state index in [9.17, 15) is 27.5 Å². The number of nitrogens with zero attached hydrogens (tertiary/aromatic N) is 2. The Morgan fingerprint density at radius 2 is 1.88 bits per heavy atom. The first kappa shape index (κ1) is 30.6. The molecular formula is C32H32ClFN2O6S. The third-order valence-corrected chi connectivity index (χ3v) is 9.89. The molecule has 0 radical (unpaired) electrons. The number of allylic oxidation sites excluding steroid dienone is 1. The molecule has 0 spiro atoms. The van der Waals surface area contributed by atoms with Crippen LogP contribution in [0.4, 0.5) is 10.1 Å². The molecule has 0 aliphatic carbocycles. The monoisotopic (exact) mass is 626 g/mol. The van der Waals surface area contributed by atoms with Gasteiger partial charge in [0.15, 0.2) is 0 Å². The number of hydrogen-bond acceptors (Lipinski definition) is 5. The minimum absolute atomic E-state index is 0.0282. The molecule has 1 saturated heterocycles. The second-order valence-corrected chi connectivity index (χ2v) is 13.2. The summed E-state index contributed by atoms with van der Waals surface area (Å²) in [6.07, 6.45) is 1.87. The Hall–Kier alpha value is -3.89. The molecule has 43 heavy (non-hydrogen) atoms. The molecule has 3 aromatic carbocycles. The number of hydrogen-bond donors (Lipinski definition) is 1. The minimum atomic E-state index is -4.02. The lowest BCUT2D eigenvalue weighted by Crippen LogP contribution is -2.44. The van der Waals surface area contributed by atoms with E-state index in [-0.39, 0.29) is 47.3 Å². The van der Waals surface area contributed by atoms with Gasteiger partial charge in [0.2, 0.25) is 5.91 Å². The van der Waals surface area contributed by atoms with Gasteiger partial charge in [0.25, 0.3) is 10.0 Å². The molecule has 1 fully saturated rings. The Morgan fingerprint density at radius 1 is 1.12 bits per heavy atom. The summed E-state index contributed by atoms with van der Waals surface area (Å²) in [6.45, 7) is 4.07. The topological polar surface area (TPSA) is 104 Å². The van der Waals surface area contributed by atoms with Gasteiger partial charge in [-0.3, -0.25) is 13.9 Å². The van der Waals surface area contributed by atoms with Crippen molar-refractivity contribution < 1.29 is 32.2 Å². The highest BCUT2D eigenvalue weighted by Gasteiger charge is 2.36. The summed E-state index contributed by atoms with van der Waals surface area (Å²) < 4.78 is 50.0. The molecule has 11 heteroatoms. The number of fused-ring (bicyclic) bond motifs is 1. The Labute approximate surface area is 255 Å². The molecule has 0 aromatic heterocycles. The van der Waals surface area contributed by atoms with Crippen LogP contribution >= 0.6 is 11.6 Å². The van der Waals surface area contributed by atoms with Gasteiger partial charge in [-0.1, -0.05) is 41.9 Å². The number of ether oxygens (including phenoxy) is 1. The summed E-state index contributed by atoms with van der Waals surface area (Å²) in [5.74, 6) is -1.80. The maximum Gasteiger partial charge on any atom is 0.308 e. The molecular weight excluding hydrogens is 595 g/mol. The van der Waals surface area contributed by atoms with Gasteiger partial charge in [-0.05, 0) is 79.8 Å². The molecule has 0 unspecified atom stereocenters. The van der Waals surface area contributed by atoms with Crippen LogP contribution in [0, 0.1) is 18.7 Å². The van der Waals surface area contributed by atoms with E-state index in [4.69, 9.17) is 16.3 Å². The lowest BCUT2D eigenvalue weighted by Gasteiger charge is -2.36. The largest absolute Gasteiger partial charge is 0.486 e. The lowest BCUT2D eigenvalue weighted by atomic mass is 10.0. The first-order valence-electron chi connectivity index (χ1n) is 14.0. The molecule has 2 atom stereocenters. The van der Waals surface area contributed by atoms with Gasteiger partial charge < -0.3 is 14.7 Å². The zero-order valence-corrected chi connectivity index (χ0v) is 25.4. The number of carboxylic acids is 1. The number of likely N-dealkylation sites (tertiary alicyclic amines) is 1. The zero-order valence-electron chi connectivity index (χ0n) is 23.8. The summed E-state index contributed by atoms with van der Waals surface area (Å²) in [5.41, 5.74) is 2.57. The van der Waals surface area contributed by atoms with E-state index in [2.05, 4.69) is 0 Å². The number of anilines is 1. The lowest BCUT2D eigenvalue weighted by molar-refractivity contribution is -0.141. The molecule has 0 saturated carbocycles. The van der Waals surface area contributed by atoms with Crippen molar-refractivity contribution in [3.05, 3.63) is 88.2 Å². The summed E-state index contributed by atoms with van der Waals surface area (Å²) in [4.78, 5) is 25.8. The van der Waals surface area contributed by atoms with Gasteiger partial charge in [-0.2, -0.15) is 0 Å². The van der Waals surface area contributed by atoms with Crippen molar-refractivity contribution in [2.45, 2.75) is 44.1 Å². The van der Waals surface area contributed by atoms with Crippen molar-refractivity contribution >= 4 is 50.8 Å². The smallest absolute Gasteiger partial charge is 0.308 e. The maximum atomic E-state index is 14.6. The number of carboxylic acid groups (broad SMARTS) is 1. The average Bonchev–Trinajstić information content (AvgIpc) is 3.47. The summed E-state index contributed by atoms with van der Waals surface area (Å²) in [7, 11) is -4.02. The highest BCUT2D eigenvalue weighted by atomic mass is 35.5. The first-order valence-corrected chi connectivity index (χ1v) is 15.8. The molecule has 226 valence electrons. The van der Waals surface area contributed by atoms with Crippen LogP contribution in [0.3, 0.4) is 0 Å². The highest BCUT2D eigenvalue weighted by Crippen LogP contribution is 2.40. The average molecular weight is 627 g/mol. The second-order valence-electron chi connectivity index (χ2n) is 10.9. The SMILES string of the molecule is C/C(=C\c1ccc2c(c1)N(S(=O)(=O)c1cccc(C)c1)C[C@H](CCC(=O)N1CC[C@H](C(=O)O)C1)O2)c1c(F)cccc1Cl. The minimum Gasteiger partial charge on any atom is -0.486 e. The Balaban J connectivity index is 1.45. The Kier molecular flexibility index (Phi) is 8.80. The van der Waals surface area contributed by atoms with Crippen molar-refractivity contribution in [2.24, 2.45) is 5.92 Å². The van der Waals surface area contributed by atoms with Gasteiger partial charge in [-0.15, -0.1) is 0 Å². The Morgan fingerprint density at radius 3 is 2.58 bits per heavy atom. The van der Waals surface area contributed by atoms with Crippen LogP contribution in [0.2, 0.25) is 5.02 Å². The van der Waals surface area contributed by atoms with Crippen molar-refractivity contribution in [3.63, 3.8) is 0 Å². The standard InChI is InChI=1S/C32H32ClFN2O6S/c1-20-5-3-6-25(15-20)43(40,41)36-19-24(10-12-30(37)35-14-13-23(18-35)32(38)39)42-29-11-9-22(17-28(29)36)16-21(2)31-26(33)7-4-8-27(31)34/h3-9,11,15-17,23-24H,10,12-14,18-19H2,1-2H3,(H,38,39)/b21-16+/t23-,24-/m0/s1. The van der Waals surface area contributed by atoms with E-state index in [0.717, 1.165) is 5.56 Å². The van der Waals surface area contributed by atoms with E-state index in [1.807, 2.05) is 13.0 Å². The number of benzene rings is 3. The summed E-state index contributed by atoms with van der Waals surface area (Å²) in [6, 6.07) is 16.2. The molecule has 1 N–H and O–H groups in total. The van der Waals surface area contributed by atoms with Crippen LogP contribution in [-0.2, 0) is 19.6 Å². The predicted molar refractivity (Wildman–Crippen MR) is 163 cm³/mol. The molecule has 2 heterocycles. The summed E-state index contributed by atoms with van der Waals surface area (Å²) in [5, 5.41) is 9.53. The fourth-order valence-electron chi connectivity index (χ4n) is 5.53. The van der Waals surface area contributed by atoms with Crippen LogP contribution in [0.5, 0.6) is 5.75 Å². The number of rotatable bonds is 8. The molecule has 2 aliphatic heterocycles. The number of halogens is 2. The zero-order chi connectivity index (χ0) is 30.9. The summed E-state index contributed by atoms with van der Waals surface area (Å²) >= 11 is 6.26. The molecule has 3 aromatic rings. The number of sulfonamides is 1.